The van der Waals surface area contributed by atoms with Crippen LogP contribution in [0.5, 0.6) is 11.5 Å². The minimum absolute atomic E-state index is 0.0703. The van der Waals surface area contributed by atoms with Gasteiger partial charge in [-0.05, 0) is 76.7 Å². The summed E-state index contributed by atoms with van der Waals surface area (Å²) in [7, 11) is 0. The standard InChI is InChI=1S/C30H38ClN3O5S/c1-16-10-26(40-3)23(30(36)33-16)12-32-29(35)22-11-24(31)28-27(17(22)2)39-25(15-37-28)18-4-6-19(7-5-18)34-13-21(14-34)38-20-8-9-20/h10-11,18-21,25H,4-9,12-15H2,1-3H3,(H,32,35)(H,33,36)/t18?,19?,25-/m0/s1. The summed E-state index contributed by atoms with van der Waals surface area (Å²) in [5.74, 6) is 1.15. The number of aromatic amines is 1. The number of halogens is 1. The number of hydrogen-bond donors (Lipinski definition) is 2. The molecule has 10 heteroatoms. The van der Waals surface area contributed by atoms with Crippen molar-refractivity contribution in [3.63, 3.8) is 0 Å². The first-order valence-electron chi connectivity index (χ1n) is 14.4. The largest absolute Gasteiger partial charge is 0.484 e. The molecule has 1 aromatic carbocycles. The van der Waals surface area contributed by atoms with Crippen molar-refractivity contribution in [2.75, 3.05) is 26.0 Å². The number of pyridine rings is 1. The predicted octanol–water partition coefficient (Wildman–Crippen LogP) is 4.86. The molecule has 2 aromatic rings. The maximum atomic E-state index is 13.3. The number of benzene rings is 1. The monoisotopic (exact) mass is 587 g/mol. The number of fused-ring (bicyclic) bond motifs is 1. The highest BCUT2D eigenvalue weighted by molar-refractivity contribution is 7.98. The van der Waals surface area contributed by atoms with Crippen molar-refractivity contribution in [1.82, 2.24) is 15.2 Å². The van der Waals surface area contributed by atoms with Gasteiger partial charge >= 0.3 is 0 Å². The second kappa shape index (κ2) is 11.6. The summed E-state index contributed by atoms with van der Waals surface area (Å²) in [6, 6.07) is 4.17. The molecule has 0 bridgehead atoms. The first-order chi connectivity index (χ1) is 19.3. The van der Waals surface area contributed by atoms with E-state index in [9.17, 15) is 9.59 Å². The van der Waals surface area contributed by atoms with Gasteiger partial charge in [-0.2, -0.15) is 0 Å². The zero-order valence-electron chi connectivity index (χ0n) is 23.4. The topological polar surface area (TPSA) is 92.9 Å². The van der Waals surface area contributed by atoms with Gasteiger partial charge in [0, 0.05) is 53.0 Å². The Morgan fingerprint density at radius 1 is 1.12 bits per heavy atom. The molecule has 1 atom stereocenters. The fourth-order valence-corrected chi connectivity index (χ4v) is 7.22. The first kappa shape index (κ1) is 27.9. The van der Waals surface area contributed by atoms with Gasteiger partial charge in [0.05, 0.1) is 17.2 Å². The van der Waals surface area contributed by atoms with Crippen molar-refractivity contribution in [3.05, 3.63) is 49.9 Å². The summed E-state index contributed by atoms with van der Waals surface area (Å²) in [6.07, 6.45) is 9.78. The smallest absolute Gasteiger partial charge is 0.254 e. The van der Waals surface area contributed by atoms with Crippen LogP contribution < -0.4 is 20.3 Å². The average molecular weight is 588 g/mol. The average Bonchev–Trinajstić information content (AvgIpc) is 3.75. The van der Waals surface area contributed by atoms with Crippen LogP contribution in [0.3, 0.4) is 0 Å². The maximum Gasteiger partial charge on any atom is 0.254 e. The number of hydrogen-bond acceptors (Lipinski definition) is 7. The third kappa shape index (κ3) is 5.75. The van der Waals surface area contributed by atoms with Gasteiger partial charge in [0.2, 0.25) is 0 Å². The summed E-state index contributed by atoms with van der Waals surface area (Å²) in [4.78, 5) is 32.0. The van der Waals surface area contributed by atoms with Gasteiger partial charge in [-0.15, -0.1) is 11.8 Å². The molecule has 1 aromatic heterocycles. The Balaban J connectivity index is 1.08. The Morgan fingerprint density at radius 2 is 1.88 bits per heavy atom. The van der Waals surface area contributed by atoms with Crippen LogP contribution in [0, 0.1) is 19.8 Å². The molecule has 4 aliphatic rings. The lowest BCUT2D eigenvalue weighted by Gasteiger charge is -2.47. The van der Waals surface area contributed by atoms with Crippen LogP contribution in [0.2, 0.25) is 5.02 Å². The Hall–Kier alpha value is -2.20. The number of amides is 1. The van der Waals surface area contributed by atoms with E-state index in [-0.39, 0.29) is 24.1 Å². The minimum Gasteiger partial charge on any atom is -0.484 e. The number of nitrogens with zero attached hydrogens (tertiary/aromatic N) is 1. The van der Waals surface area contributed by atoms with Gasteiger partial charge < -0.3 is 24.5 Å². The van der Waals surface area contributed by atoms with Crippen LogP contribution in [-0.4, -0.2) is 66.1 Å². The Labute approximate surface area is 244 Å². The van der Waals surface area contributed by atoms with Crippen molar-refractivity contribution in [2.45, 2.75) is 88.2 Å². The van der Waals surface area contributed by atoms with Gasteiger partial charge in [-0.3, -0.25) is 14.5 Å². The van der Waals surface area contributed by atoms with Crippen LogP contribution in [0.15, 0.2) is 21.8 Å². The predicted molar refractivity (Wildman–Crippen MR) is 156 cm³/mol. The lowest BCUT2D eigenvalue weighted by molar-refractivity contribution is -0.0888. The molecule has 2 aliphatic carbocycles. The summed E-state index contributed by atoms with van der Waals surface area (Å²) >= 11 is 8.05. The van der Waals surface area contributed by atoms with Crippen LogP contribution >= 0.6 is 23.4 Å². The number of aromatic nitrogens is 1. The van der Waals surface area contributed by atoms with Crippen molar-refractivity contribution in [2.24, 2.45) is 5.92 Å². The molecule has 1 saturated heterocycles. The van der Waals surface area contributed by atoms with E-state index in [0.717, 1.165) is 49.4 Å². The molecule has 3 heterocycles. The number of thioether (sulfide) groups is 1. The number of rotatable bonds is 8. The molecule has 0 spiro atoms. The molecule has 3 fully saturated rings. The fraction of sp³-hybridized carbons (Fsp3) is 0.600. The van der Waals surface area contributed by atoms with Crippen LogP contribution in [0.4, 0.5) is 0 Å². The van der Waals surface area contributed by atoms with Gasteiger partial charge in [0.15, 0.2) is 11.5 Å². The number of nitrogens with one attached hydrogen (secondary N) is 2. The normalized spacial score (nSPS) is 24.9. The number of H-pyrrole nitrogens is 1. The summed E-state index contributed by atoms with van der Waals surface area (Å²) in [5, 5.41) is 3.26. The first-order valence-corrected chi connectivity index (χ1v) is 16.0. The lowest BCUT2D eigenvalue weighted by Crippen LogP contribution is -2.57. The third-order valence-corrected chi connectivity index (χ3v) is 9.87. The van der Waals surface area contributed by atoms with E-state index in [4.69, 9.17) is 25.8 Å². The molecule has 0 unspecified atom stereocenters. The van der Waals surface area contributed by atoms with E-state index < -0.39 is 0 Å². The summed E-state index contributed by atoms with van der Waals surface area (Å²) in [5.41, 5.74) is 2.24. The molecular formula is C30H38ClN3O5S. The number of carbonyl (C=O) groups excluding carboxylic acids is 1. The SMILES string of the molecule is CSc1cc(C)[nH]c(=O)c1CNC(=O)c1cc(Cl)c2c(c1C)O[C@H](C1CCC(N3CC(OC4CC4)C3)CC1)CO2. The number of ether oxygens (including phenoxy) is 3. The molecule has 2 N–H and O–H groups in total. The number of likely N-dealkylation sites (tertiary alicyclic amines) is 1. The zero-order chi connectivity index (χ0) is 28.0. The van der Waals surface area contributed by atoms with Crippen molar-refractivity contribution < 1.29 is 19.0 Å². The summed E-state index contributed by atoms with van der Waals surface area (Å²) in [6.45, 7) is 6.43. The van der Waals surface area contributed by atoms with Crippen LogP contribution in [-0.2, 0) is 11.3 Å². The van der Waals surface area contributed by atoms with Gasteiger partial charge in [-0.1, -0.05) is 11.6 Å². The molecular weight excluding hydrogens is 550 g/mol. The minimum atomic E-state index is -0.307. The van der Waals surface area contributed by atoms with Crippen molar-refractivity contribution in [3.8, 4) is 11.5 Å². The third-order valence-electron chi connectivity index (χ3n) is 8.79. The van der Waals surface area contributed by atoms with E-state index in [0.29, 0.717) is 64.0 Å². The highest BCUT2D eigenvalue weighted by Gasteiger charge is 2.40. The molecule has 40 heavy (non-hydrogen) atoms. The van der Waals surface area contributed by atoms with Gasteiger partial charge in [0.1, 0.15) is 12.7 Å². The maximum absolute atomic E-state index is 13.3. The van der Waals surface area contributed by atoms with E-state index in [2.05, 4.69) is 15.2 Å². The van der Waals surface area contributed by atoms with Crippen LogP contribution in [0.25, 0.3) is 0 Å². The second-order valence-corrected chi connectivity index (χ2v) is 12.9. The highest BCUT2D eigenvalue weighted by atomic mass is 35.5. The zero-order valence-corrected chi connectivity index (χ0v) is 25.0. The molecule has 6 rings (SSSR count). The molecule has 1 amide bonds. The second-order valence-electron chi connectivity index (χ2n) is 11.6. The lowest BCUT2D eigenvalue weighted by atomic mass is 9.81. The summed E-state index contributed by atoms with van der Waals surface area (Å²) < 4.78 is 18.7. The van der Waals surface area contributed by atoms with E-state index >= 15 is 0 Å². The van der Waals surface area contributed by atoms with Crippen molar-refractivity contribution >= 4 is 29.3 Å². The number of carbonyl (C=O) groups is 1. The highest BCUT2D eigenvalue weighted by Crippen LogP contribution is 2.45. The quantitative estimate of drug-likeness (QED) is 0.426. The molecule has 2 saturated carbocycles. The Kier molecular flexibility index (Phi) is 8.09. The van der Waals surface area contributed by atoms with E-state index in [1.165, 1.54) is 24.6 Å². The Morgan fingerprint density at radius 3 is 2.58 bits per heavy atom. The van der Waals surface area contributed by atoms with E-state index in [1.54, 1.807) is 6.07 Å². The molecule has 2 aliphatic heterocycles. The molecule has 8 nitrogen and oxygen atoms in total. The fourth-order valence-electron chi connectivity index (χ4n) is 6.27. The molecule has 0 radical (unpaired) electrons. The van der Waals surface area contributed by atoms with Gasteiger partial charge in [0.25, 0.3) is 11.5 Å². The Bertz CT molecular complexity index is 1330. The molecule has 216 valence electrons. The van der Waals surface area contributed by atoms with Crippen molar-refractivity contribution in [1.29, 1.82) is 0 Å². The van der Waals surface area contributed by atoms with Crippen LogP contribution in [0.1, 0.15) is 65.7 Å². The van der Waals surface area contributed by atoms with Gasteiger partial charge in [-0.25, -0.2) is 0 Å². The number of aryl methyl sites for hydroxylation is 1. The van der Waals surface area contributed by atoms with E-state index in [1.807, 2.05) is 26.2 Å².